The Bertz CT molecular complexity index is 842. The molecule has 2 fully saturated rings. The standard InChI is InChI=1S/C21H24N4O3/c26-19(16-6-7-18(20(27)28)22-14-16)23-21(8-9-21)15-24-10-12-25(13-11-24)17-4-2-1-3-5-17/h1-7,14H,8-13,15H2,(H,23,26)(H,27,28). The second-order valence-corrected chi connectivity index (χ2v) is 7.57. The van der Waals surface area contributed by atoms with Gasteiger partial charge in [0.2, 0.25) is 0 Å². The van der Waals surface area contributed by atoms with Gasteiger partial charge in [0.05, 0.1) is 11.1 Å². The Morgan fingerprint density at radius 2 is 1.75 bits per heavy atom. The predicted octanol–water partition coefficient (Wildman–Crippen LogP) is 1.86. The summed E-state index contributed by atoms with van der Waals surface area (Å²) in [5, 5.41) is 12.1. The lowest BCUT2D eigenvalue weighted by atomic mass is 10.1. The van der Waals surface area contributed by atoms with Crippen LogP contribution in [0, 0.1) is 0 Å². The molecule has 2 heterocycles. The van der Waals surface area contributed by atoms with E-state index in [1.54, 1.807) is 0 Å². The number of rotatable bonds is 6. The third-order valence-electron chi connectivity index (χ3n) is 5.50. The molecule has 7 heteroatoms. The summed E-state index contributed by atoms with van der Waals surface area (Å²) in [6.45, 7) is 4.76. The topological polar surface area (TPSA) is 85.8 Å². The van der Waals surface area contributed by atoms with Crippen molar-refractivity contribution in [3.8, 4) is 0 Å². The zero-order valence-electron chi connectivity index (χ0n) is 15.7. The van der Waals surface area contributed by atoms with Crippen LogP contribution in [0.15, 0.2) is 48.7 Å². The highest BCUT2D eigenvalue weighted by Crippen LogP contribution is 2.36. The number of hydrogen-bond acceptors (Lipinski definition) is 5. The first-order chi connectivity index (χ1) is 13.5. The summed E-state index contributed by atoms with van der Waals surface area (Å²) in [5.74, 6) is -1.29. The van der Waals surface area contributed by atoms with Gasteiger partial charge in [0.25, 0.3) is 5.91 Å². The molecule has 0 atom stereocenters. The highest BCUT2D eigenvalue weighted by Gasteiger charge is 2.45. The molecule has 1 aliphatic carbocycles. The van der Waals surface area contributed by atoms with Crippen LogP contribution in [0.4, 0.5) is 5.69 Å². The molecule has 1 aromatic heterocycles. The zero-order chi connectivity index (χ0) is 19.6. The van der Waals surface area contributed by atoms with Crippen molar-refractivity contribution < 1.29 is 14.7 Å². The quantitative estimate of drug-likeness (QED) is 0.796. The third-order valence-corrected chi connectivity index (χ3v) is 5.50. The number of aromatic carboxylic acids is 1. The van der Waals surface area contributed by atoms with E-state index in [1.807, 2.05) is 6.07 Å². The zero-order valence-corrected chi connectivity index (χ0v) is 15.7. The minimum absolute atomic E-state index is 0.0611. The monoisotopic (exact) mass is 380 g/mol. The van der Waals surface area contributed by atoms with E-state index in [-0.39, 0.29) is 17.1 Å². The number of anilines is 1. The van der Waals surface area contributed by atoms with Gasteiger partial charge >= 0.3 is 5.97 Å². The Morgan fingerprint density at radius 1 is 1.04 bits per heavy atom. The van der Waals surface area contributed by atoms with Crippen molar-refractivity contribution in [2.24, 2.45) is 0 Å². The van der Waals surface area contributed by atoms with Crippen LogP contribution < -0.4 is 10.2 Å². The lowest BCUT2D eigenvalue weighted by molar-refractivity contribution is 0.0689. The van der Waals surface area contributed by atoms with E-state index in [9.17, 15) is 9.59 Å². The van der Waals surface area contributed by atoms with Crippen LogP contribution in [0.25, 0.3) is 0 Å². The first-order valence-electron chi connectivity index (χ1n) is 9.59. The predicted molar refractivity (Wildman–Crippen MR) is 106 cm³/mol. The molecule has 2 aromatic rings. The van der Waals surface area contributed by atoms with Crippen molar-refractivity contribution >= 4 is 17.6 Å². The summed E-state index contributed by atoms with van der Waals surface area (Å²) in [7, 11) is 0. The van der Waals surface area contributed by atoms with E-state index in [4.69, 9.17) is 5.11 Å². The number of carboxylic acid groups (broad SMARTS) is 1. The van der Waals surface area contributed by atoms with Gasteiger partial charge in [-0.3, -0.25) is 9.69 Å². The van der Waals surface area contributed by atoms with Crippen molar-refractivity contribution in [1.29, 1.82) is 0 Å². The molecule has 2 aliphatic rings. The maximum atomic E-state index is 12.5. The van der Waals surface area contributed by atoms with E-state index >= 15 is 0 Å². The summed E-state index contributed by atoms with van der Waals surface area (Å²) < 4.78 is 0. The minimum atomic E-state index is -1.10. The highest BCUT2D eigenvalue weighted by atomic mass is 16.4. The van der Waals surface area contributed by atoms with Crippen molar-refractivity contribution in [2.45, 2.75) is 18.4 Å². The lowest BCUT2D eigenvalue weighted by Gasteiger charge is -2.38. The molecule has 146 valence electrons. The van der Waals surface area contributed by atoms with Crippen LogP contribution in [0.2, 0.25) is 0 Å². The SMILES string of the molecule is O=C(NC1(CN2CCN(c3ccccc3)CC2)CC1)c1ccc(C(=O)O)nc1. The molecule has 1 amide bonds. The van der Waals surface area contributed by atoms with E-state index in [1.165, 1.54) is 24.0 Å². The molecule has 1 aliphatic heterocycles. The molecule has 0 spiro atoms. The minimum Gasteiger partial charge on any atom is -0.477 e. The molecular weight excluding hydrogens is 356 g/mol. The summed E-state index contributed by atoms with van der Waals surface area (Å²) in [5.41, 5.74) is 1.42. The van der Waals surface area contributed by atoms with E-state index < -0.39 is 5.97 Å². The maximum absolute atomic E-state index is 12.5. The number of piperazine rings is 1. The van der Waals surface area contributed by atoms with Gasteiger partial charge in [-0.05, 0) is 37.1 Å². The number of aromatic nitrogens is 1. The average molecular weight is 380 g/mol. The molecular formula is C21H24N4O3. The van der Waals surface area contributed by atoms with Crippen molar-refractivity contribution in [3.05, 3.63) is 59.9 Å². The van der Waals surface area contributed by atoms with Gasteiger partial charge in [0.15, 0.2) is 0 Å². The number of amides is 1. The summed E-state index contributed by atoms with van der Waals surface area (Å²) in [6.07, 6.45) is 3.27. The highest BCUT2D eigenvalue weighted by molar-refractivity contribution is 5.95. The van der Waals surface area contributed by atoms with Crippen LogP contribution in [0.5, 0.6) is 0 Å². The second kappa shape index (κ2) is 7.59. The maximum Gasteiger partial charge on any atom is 0.354 e. The van der Waals surface area contributed by atoms with Gasteiger partial charge in [0.1, 0.15) is 5.69 Å². The molecule has 1 aromatic carbocycles. The Kier molecular flexibility index (Phi) is 5.00. The smallest absolute Gasteiger partial charge is 0.354 e. The van der Waals surface area contributed by atoms with Gasteiger partial charge in [0, 0.05) is 44.6 Å². The molecule has 0 bridgehead atoms. The largest absolute Gasteiger partial charge is 0.477 e. The summed E-state index contributed by atoms with van der Waals surface area (Å²) in [4.78, 5) is 32.1. The Hall–Kier alpha value is -2.93. The van der Waals surface area contributed by atoms with Crippen molar-refractivity contribution in [3.63, 3.8) is 0 Å². The van der Waals surface area contributed by atoms with Crippen LogP contribution in [0.1, 0.15) is 33.7 Å². The summed E-state index contributed by atoms with van der Waals surface area (Å²) >= 11 is 0. The fraction of sp³-hybridized carbons (Fsp3) is 0.381. The van der Waals surface area contributed by atoms with Gasteiger partial charge in [-0.25, -0.2) is 9.78 Å². The number of benzene rings is 1. The Morgan fingerprint density at radius 3 is 2.32 bits per heavy atom. The number of hydrogen-bond donors (Lipinski definition) is 2. The number of pyridine rings is 1. The molecule has 0 unspecified atom stereocenters. The fourth-order valence-electron chi connectivity index (χ4n) is 3.67. The first kappa shape index (κ1) is 18.4. The number of carbonyl (C=O) groups excluding carboxylic acids is 1. The number of carbonyl (C=O) groups is 2. The van der Waals surface area contributed by atoms with E-state index in [0.29, 0.717) is 5.56 Å². The summed E-state index contributed by atoms with van der Waals surface area (Å²) in [6, 6.07) is 13.3. The molecule has 28 heavy (non-hydrogen) atoms. The van der Waals surface area contributed by atoms with Crippen LogP contribution >= 0.6 is 0 Å². The third kappa shape index (κ3) is 4.14. The van der Waals surface area contributed by atoms with E-state index in [2.05, 4.69) is 44.4 Å². The van der Waals surface area contributed by atoms with Crippen molar-refractivity contribution in [1.82, 2.24) is 15.2 Å². The normalized spacial score (nSPS) is 18.5. The van der Waals surface area contributed by atoms with E-state index in [0.717, 1.165) is 45.6 Å². The lowest BCUT2D eigenvalue weighted by Crippen LogP contribution is -2.52. The Balaban J connectivity index is 1.30. The average Bonchev–Trinajstić information content (AvgIpc) is 3.48. The van der Waals surface area contributed by atoms with Crippen LogP contribution in [0.3, 0.4) is 0 Å². The van der Waals surface area contributed by atoms with Gasteiger partial charge < -0.3 is 15.3 Å². The molecule has 2 N–H and O–H groups in total. The molecule has 7 nitrogen and oxygen atoms in total. The Labute approximate surface area is 164 Å². The molecule has 4 rings (SSSR count). The van der Waals surface area contributed by atoms with Crippen molar-refractivity contribution in [2.75, 3.05) is 37.6 Å². The molecule has 0 radical (unpaired) electrons. The van der Waals surface area contributed by atoms with Gasteiger partial charge in [-0.2, -0.15) is 0 Å². The molecule has 1 saturated heterocycles. The first-order valence-corrected chi connectivity index (χ1v) is 9.59. The fourth-order valence-corrected chi connectivity index (χ4v) is 3.67. The number of carboxylic acids is 1. The van der Waals surface area contributed by atoms with Gasteiger partial charge in [-0.15, -0.1) is 0 Å². The van der Waals surface area contributed by atoms with Crippen LogP contribution in [-0.2, 0) is 0 Å². The number of nitrogens with zero attached hydrogens (tertiary/aromatic N) is 3. The number of nitrogens with one attached hydrogen (secondary N) is 1. The number of para-hydroxylation sites is 1. The second-order valence-electron chi connectivity index (χ2n) is 7.57. The molecule has 1 saturated carbocycles. The van der Waals surface area contributed by atoms with Gasteiger partial charge in [-0.1, -0.05) is 18.2 Å². The van der Waals surface area contributed by atoms with Crippen LogP contribution in [-0.4, -0.2) is 65.1 Å².